The molecule has 3 rings (SSSR count). The molecule has 2 nitrogen and oxygen atoms in total. The van der Waals surface area contributed by atoms with Gasteiger partial charge in [-0.3, -0.25) is 0 Å². The Kier molecular flexibility index (Phi) is 3.61. The highest BCUT2D eigenvalue weighted by molar-refractivity contribution is 5.83. The summed E-state index contributed by atoms with van der Waals surface area (Å²) in [5.41, 5.74) is 2.85. The molecule has 1 aromatic heterocycles. The van der Waals surface area contributed by atoms with Gasteiger partial charge in [-0.05, 0) is 49.7 Å². The molecule has 1 atom stereocenters. The Hall–Kier alpha value is -1.28. The average Bonchev–Trinajstić information content (AvgIpc) is 3.08. The molecule has 2 aromatic rings. The number of benzene rings is 1. The topological polar surface area (TPSA) is 17.0 Å². The maximum Gasteiger partial charge on any atom is 0.0528 e. The smallest absolute Gasteiger partial charge is 0.0528 e. The zero-order valence-electron chi connectivity index (χ0n) is 12.0. The van der Waals surface area contributed by atoms with Crippen molar-refractivity contribution in [3.8, 4) is 0 Å². The first kappa shape index (κ1) is 12.7. The van der Waals surface area contributed by atoms with E-state index >= 15 is 0 Å². The lowest BCUT2D eigenvalue weighted by Crippen LogP contribution is -2.14. The SMILES string of the molecule is CNC(C)c1cccc2ccn(CC3CCCC3)c12. The molecule has 1 aliphatic carbocycles. The predicted molar refractivity (Wildman–Crippen MR) is 81.4 cm³/mol. The van der Waals surface area contributed by atoms with Crippen LogP contribution in [-0.4, -0.2) is 11.6 Å². The summed E-state index contributed by atoms with van der Waals surface area (Å²) in [6.07, 6.45) is 7.93. The van der Waals surface area contributed by atoms with Gasteiger partial charge < -0.3 is 9.88 Å². The van der Waals surface area contributed by atoms with Crippen LogP contribution in [0.2, 0.25) is 0 Å². The minimum atomic E-state index is 0.404. The third kappa shape index (κ3) is 2.42. The highest BCUT2D eigenvalue weighted by Gasteiger charge is 2.17. The lowest BCUT2D eigenvalue weighted by Gasteiger charge is -2.17. The van der Waals surface area contributed by atoms with Gasteiger partial charge in [-0.15, -0.1) is 0 Å². The van der Waals surface area contributed by atoms with Crippen LogP contribution in [0.5, 0.6) is 0 Å². The number of para-hydroxylation sites is 1. The Balaban J connectivity index is 1.99. The van der Waals surface area contributed by atoms with Crippen molar-refractivity contribution in [3.05, 3.63) is 36.0 Å². The molecule has 1 aromatic carbocycles. The number of fused-ring (bicyclic) bond motifs is 1. The molecule has 102 valence electrons. The predicted octanol–water partition coefficient (Wildman–Crippen LogP) is 4.11. The van der Waals surface area contributed by atoms with Gasteiger partial charge in [0.2, 0.25) is 0 Å². The standard InChI is InChI=1S/C17H24N2/c1-13(18-2)16-9-5-8-15-10-11-19(17(15)16)12-14-6-3-4-7-14/h5,8-11,13-14,18H,3-4,6-7,12H2,1-2H3. The molecule has 1 fully saturated rings. The minimum absolute atomic E-state index is 0.404. The van der Waals surface area contributed by atoms with E-state index in [4.69, 9.17) is 0 Å². The molecule has 1 aliphatic rings. The van der Waals surface area contributed by atoms with Crippen molar-refractivity contribution in [2.45, 2.75) is 45.2 Å². The lowest BCUT2D eigenvalue weighted by molar-refractivity contribution is 0.465. The summed E-state index contributed by atoms with van der Waals surface area (Å²) in [7, 11) is 2.04. The first-order valence-corrected chi connectivity index (χ1v) is 7.54. The van der Waals surface area contributed by atoms with E-state index in [2.05, 4.69) is 47.3 Å². The maximum atomic E-state index is 3.37. The van der Waals surface area contributed by atoms with Crippen LogP contribution in [0.1, 0.15) is 44.2 Å². The first-order valence-electron chi connectivity index (χ1n) is 7.54. The van der Waals surface area contributed by atoms with E-state index < -0.39 is 0 Å². The van der Waals surface area contributed by atoms with Crippen molar-refractivity contribution < 1.29 is 0 Å². The highest BCUT2D eigenvalue weighted by Crippen LogP contribution is 2.30. The molecule has 0 spiro atoms. The first-order chi connectivity index (χ1) is 9.29. The van der Waals surface area contributed by atoms with Crippen molar-refractivity contribution in [2.75, 3.05) is 7.05 Å². The van der Waals surface area contributed by atoms with Gasteiger partial charge in [0.05, 0.1) is 5.52 Å². The summed E-state index contributed by atoms with van der Waals surface area (Å²) < 4.78 is 2.48. The van der Waals surface area contributed by atoms with Crippen LogP contribution in [0.25, 0.3) is 10.9 Å². The maximum absolute atomic E-state index is 3.37. The third-order valence-corrected chi connectivity index (χ3v) is 4.65. The fourth-order valence-corrected chi connectivity index (χ4v) is 3.42. The van der Waals surface area contributed by atoms with Crippen LogP contribution in [0.3, 0.4) is 0 Å². The van der Waals surface area contributed by atoms with E-state index in [0.717, 1.165) is 5.92 Å². The van der Waals surface area contributed by atoms with E-state index in [0.29, 0.717) is 6.04 Å². The largest absolute Gasteiger partial charge is 0.347 e. The second-order valence-electron chi connectivity index (χ2n) is 5.91. The van der Waals surface area contributed by atoms with Crippen molar-refractivity contribution in [1.82, 2.24) is 9.88 Å². The Bertz CT molecular complexity index is 549. The Morgan fingerprint density at radius 2 is 2.05 bits per heavy atom. The van der Waals surface area contributed by atoms with Crippen molar-refractivity contribution in [2.24, 2.45) is 5.92 Å². The van der Waals surface area contributed by atoms with Crippen LogP contribution in [0, 0.1) is 5.92 Å². The van der Waals surface area contributed by atoms with Gasteiger partial charge in [-0.1, -0.05) is 31.0 Å². The number of nitrogens with zero attached hydrogens (tertiary/aromatic N) is 1. The van der Waals surface area contributed by atoms with E-state index in [1.165, 1.54) is 48.7 Å². The van der Waals surface area contributed by atoms with Crippen LogP contribution in [0.4, 0.5) is 0 Å². The third-order valence-electron chi connectivity index (χ3n) is 4.65. The molecule has 1 saturated carbocycles. The number of hydrogen-bond acceptors (Lipinski definition) is 1. The molecule has 0 aliphatic heterocycles. The van der Waals surface area contributed by atoms with E-state index in [-0.39, 0.29) is 0 Å². The van der Waals surface area contributed by atoms with Gasteiger partial charge in [0.25, 0.3) is 0 Å². The zero-order valence-corrected chi connectivity index (χ0v) is 12.0. The molecule has 19 heavy (non-hydrogen) atoms. The number of rotatable bonds is 4. The summed E-state index contributed by atoms with van der Waals surface area (Å²) in [5.74, 6) is 0.883. The van der Waals surface area contributed by atoms with Gasteiger partial charge in [-0.2, -0.15) is 0 Å². The summed E-state index contributed by atoms with van der Waals surface area (Å²) in [5, 5.41) is 4.74. The van der Waals surface area contributed by atoms with Crippen LogP contribution in [0.15, 0.2) is 30.5 Å². The fraction of sp³-hybridized carbons (Fsp3) is 0.529. The number of hydrogen-bond donors (Lipinski definition) is 1. The molecule has 1 N–H and O–H groups in total. The highest BCUT2D eigenvalue weighted by atomic mass is 15.0. The monoisotopic (exact) mass is 256 g/mol. The Morgan fingerprint density at radius 1 is 1.26 bits per heavy atom. The summed E-state index contributed by atoms with van der Waals surface area (Å²) in [6.45, 7) is 3.43. The van der Waals surface area contributed by atoms with Gasteiger partial charge >= 0.3 is 0 Å². The van der Waals surface area contributed by atoms with Crippen LogP contribution >= 0.6 is 0 Å². The Labute approximate surface area is 115 Å². The molecule has 0 bridgehead atoms. The zero-order chi connectivity index (χ0) is 13.2. The normalized spacial score (nSPS) is 18.2. The molecular weight excluding hydrogens is 232 g/mol. The molecule has 0 saturated heterocycles. The van der Waals surface area contributed by atoms with Gasteiger partial charge in [0.1, 0.15) is 0 Å². The minimum Gasteiger partial charge on any atom is -0.347 e. The van der Waals surface area contributed by atoms with E-state index in [9.17, 15) is 0 Å². The van der Waals surface area contributed by atoms with Crippen molar-refractivity contribution >= 4 is 10.9 Å². The second kappa shape index (κ2) is 5.38. The molecule has 0 radical (unpaired) electrons. The number of nitrogens with one attached hydrogen (secondary N) is 1. The average molecular weight is 256 g/mol. The molecule has 1 heterocycles. The van der Waals surface area contributed by atoms with Gasteiger partial charge in [0, 0.05) is 18.8 Å². The molecule has 0 amide bonds. The molecule has 1 unspecified atom stereocenters. The van der Waals surface area contributed by atoms with Crippen molar-refractivity contribution in [3.63, 3.8) is 0 Å². The Morgan fingerprint density at radius 3 is 2.79 bits per heavy atom. The van der Waals surface area contributed by atoms with E-state index in [1.54, 1.807) is 0 Å². The lowest BCUT2D eigenvalue weighted by atomic mass is 10.0. The summed E-state index contributed by atoms with van der Waals surface area (Å²) in [4.78, 5) is 0. The van der Waals surface area contributed by atoms with Crippen molar-refractivity contribution in [1.29, 1.82) is 0 Å². The van der Waals surface area contributed by atoms with Crippen LogP contribution in [-0.2, 0) is 6.54 Å². The number of aromatic nitrogens is 1. The summed E-state index contributed by atoms with van der Waals surface area (Å²) >= 11 is 0. The van der Waals surface area contributed by atoms with E-state index in [1.807, 2.05) is 7.05 Å². The molecular formula is C17H24N2. The second-order valence-corrected chi connectivity index (χ2v) is 5.91. The van der Waals surface area contributed by atoms with Crippen LogP contribution < -0.4 is 5.32 Å². The molecule has 2 heteroatoms. The summed E-state index contributed by atoms with van der Waals surface area (Å²) in [6, 6.07) is 9.32. The van der Waals surface area contributed by atoms with Gasteiger partial charge in [0.15, 0.2) is 0 Å². The fourth-order valence-electron chi connectivity index (χ4n) is 3.42. The quantitative estimate of drug-likeness (QED) is 0.871. The van der Waals surface area contributed by atoms with Gasteiger partial charge in [-0.25, -0.2) is 0 Å².